The molecule has 0 spiro atoms. The molecule has 3 aromatic rings. The largest absolute Gasteiger partial charge is 0.495 e. The van der Waals surface area contributed by atoms with Gasteiger partial charge in [-0.25, -0.2) is 8.42 Å². The number of carbonyl (C=O) groups excluding carboxylic acids is 1. The summed E-state index contributed by atoms with van der Waals surface area (Å²) in [6, 6.07) is 14.8. The second-order valence-corrected chi connectivity index (χ2v) is 9.48. The van der Waals surface area contributed by atoms with E-state index < -0.39 is 27.7 Å². The number of sulfonamides is 1. The summed E-state index contributed by atoms with van der Waals surface area (Å²) in [5, 5.41) is 2.36. The summed E-state index contributed by atoms with van der Waals surface area (Å²) in [6.07, 6.45) is -4.52. The smallest absolute Gasteiger partial charge is 0.416 e. The van der Waals surface area contributed by atoms with Crippen LogP contribution >= 0.6 is 12.2 Å². The second kappa shape index (κ2) is 10.8. The lowest BCUT2D eigenvalue weighted by Crippen LogP contribution is -2.44. The van der Waals surface area contributed by atoms with Crippen molar-refractivity contribution in [3.63, 3.8) is 0 Å². The normalized spacial score (nSPS) is 11.4. The minimum atomic E-state index is -4.52. The van der Waals surface area contributed by atoms with Crippen LogP contribution in [0.3, 0.4) is 0 Å². The summed E-state index contributed by atoms with van der Waals surface area (Å²) in [5.41, 5.74) is 4.61. The maximum atomic E-state index is 12.9. The van der Waals surface area contributed by atoms with Crippen LogP contribution in [-0.4, -0.2) is 26.5 Å². The van der Waals surface area contributed by atoms with Gasteiger partial charge in [0.25, 0.3) is 15.9 Å². The highest BCUT2D eigenvalue weighted by Crippen LogP contribution is 2.30. The topological polar surface area (TPSA) is 109 Å². The summed E-state index contributed by atoms with van der Waals surface area (Å²) >= 11 is 5.02. The third kappa shape index (κ3) is 6.64. The number of para-hydroxylation sites is 2. The summed E-state index contributed by atoms with van der Waals surface area (Å²) in [7, 11) is -2.66. The number of nitrogens with one attached hydrogen (secondary N) is 4. The molecule has 1 amide bonds. The van der Waals surface area contributed by atoms with Crippen LogP contribution < -0.4 is 25.6 Å². The molecule has 0 heterocycles. The first kappa shape index (κ1) is 26.8. The average Bonchev–Trinajstić information content (AvgIpc) is 2.82. The number of ether oxygens (including phenoxy) is 1. The number of rotatable bonds is 6. The van der Waals surface area contributed by atoms with Gasteiger partial charge in [-0.15, -0.1) is 0 Å². The van der Waals surface area contributed by atoms with Crippen LogP contribution in [0.5, 0.6) is 5.75 Å². The van der Waals surface area contributed by atoms with E-state index in [0.717, 1.165) is 12.1 Å². The van der Waals surface area contributed by atoms with E-state index >= 15 is 0 Å². The Bertz CT molecular complexity index is 1400. The van der Waals surface area contributed by atoms with Gasteiger partial charge in [-0.3, -0.25) is 20.4 Å². The Morgan fingerprint density at radius 3 is 2.39 bits per heavy atom. The van der Waals surface area contributed by atoms with E-state index in [-0.39, 0.29) is 26.9 Å². The molecule has 0 atom stereocenters. The van der Waals surface area contributed by atoms with Crippen molar-refractivity contribution in [2.24, 2.45) is 0 Å². The minimum absolute atomic E-state index is 0.0345. The molecule has 0 aliphatic rings. The van der Waals surface area contributed by atoms with Crippen LogP contribution in [0.1, 0.15) is 21.5 Å². The fourth-order valence-corrected chi connectivity index (χ4v) is 4.33. The monoisotopic (exact) mass is 538 g/mol. The third-order valence-corrected chi connectivity index (χ3v) is 6.42. The average molecular weight is 539 g/mol. The predicted octanol–water partition coefficient (Wildman–Crippen LogP) is 4.45. The maximum absolute atomic E-state index is 12.9. The maximum Gasteiger partial charge on any atom is 0.416 e. The van der Waals surface area contributed by atoms with E-state index in [2.05, 4.69) is 20.9 Å². The Balaban J connectivity index is 1.70. The number of halogens is 3. The molecule has 0 bridgehead atoms. The first-order valence-corrected chi connectivity index (χ1v) is 12.1. The molecule has 13 heteroatoms. The lowest BCUT2D eigenvalue weighted by molar-refractivity contribution is -0.137. The Hall–Kier alpha value is -3.84. The molecule has 3 rings (SSSR count). The zero-order chi connectivity index (χ0) is 26.5. The van der Waals surface area contributed by atoms with Gasteiger partial charge in [-0.05, 0) is 67.2 Å². The lowest BCUT2D eigenvalue weighted by Gasteiger charge is -2.15. The number of hydrazine groups is 1. The first-order valence-electron chi connectivity index (χ1n) is 10.2. The molecule has 0 unspecified atom stereocenters. The number of thiocarbonyl (C=S) groups is 1. The van der Waals surface area contributed by atoms with Gasteiger partial charge in [-0.2, -0.15) is 13.2 Å². The number of anilines is 2. The van der Waals surface area contributed by atoms with Crippen molar-refractivity contribution in [1.82, 2.24) is 10.9 Å². The zero-order valence-corrected chi connectivity index (χ0v) is 20.6. The Morgan fingerprint density at radius 2 is 1.69 bits per heavy atom. The quantitative estimate of drug-likeness (QED) is 0.271. The molecule has 0 saturated carbocycles. The molecular formula is C23H21F3N4O4S2. The number of hydrogen-bond acceptors (Lipinski definition) is 5. The molecule has 0 saturated heterocycles. The SMILES string of the molecule is COc1ccccc1NS(=O)(=O)c1ccc(C)c(C(=O)NNC(=S)Nc2cccc(C(F)(F)F)c2)c1. The van der Waals surface area contributed by atoms with Crippen LogP contribution in [0.25, 0.3) is 0 Å². The van der Waals surface area contributed by atoms with Crippen molar-refractivity contribution in [1.29, 1.82) is 0 Å². The highest BCUT2D eigenvalue weighted by Gasteiger charge is 2.30. The molecule has 0 aliphatic carbocycles. The van der Waals surface area contributed by atoms with Gasteiger partial charge in [0, 0.05) is 11.3 Å². The molecule has 0 radical (unpaired) electrons. The van der Waals surface area contributed by atoms with Crippen molar-refractivity contribution >= 4 is 44.6 Å². The number of aryl methyl sites for hydroxylation is 1. The van der Waals surface area contributed by atoms with E-state index in [1.165, 1.54) is 43.5 Å². The minimum Gasteiger partial charge on any atom is -0.495 e. The highest BCUT2D eigenvalue weighted by atomic mass is 32.2. The van der Waals surface area contributed by atoms with Gasteiger partial charge < -0.3 is 10.1 Å². The third-order valence-electron chi connectivity index (χ3n) is 4.85. The standard InChI is InChI=1S/C23H21F3N4O4S2/c1-14-10-11-17(36(32,33)30-19-8-3-4-9-20(19)34-2)13-18(14)21(31)28-29-22(35)27-16-7-5-6-15(12-16)23(24,25)26/h3-13,30H,1-2H3,(H,28,31)(H2,27,29,35). The summed E-state index contributed by atoms with van der Waals surface area (Å²) < 4.78 is 72.0. The molecule has 0 aromatic heterocycles. The van der Waals surface area contributed by atoms with E-state index in [1.54, 1.807) is 25.1 Å². The number of carbonyl (C=O) groups is 1. The molecule has 0 fully saturated rings. The van der Waals surface area contributed by atoms with E-state index in [9.17, 15) is 26.4 Å². The Labute approximate surface area is 210 Å². The number of hydrogen-bond donors (Lipinski definition) is 4. The second-order valence-electron chi connectivity index (χ2n) is 7.39. The van der Waals surface area contributed by atoms with Crippen molar-refractivity contribution in [3.05, 3.63) is 83.4 Å². The summed E-state index contributed by atoms with van der Waals surface area (Å²) in [5.74, 6) is -0.396. The zero-order valence-electron chi connectivity index (χ0n) is 18.9. The molecule has 0 aliphatic heterocycles. The van der Waals surface area contributed by atoms with Crippen molar-refractivity contribution in [3.8, 4) is 5.75 Å². The van der Waals surface area contributed by atoms with Crippen molar-refractivity contribution < 1.29 is 31.1 Å². The number of benzene rings is 3. The Morgan fingerprint density at radius 1 is 0.972 bits per heavy atom. The van der Waals surface area contributed by atoms with Crippen LogP contribution in [0, 0.1) is 6.92 Å². The fourth-order valence-electron chi connectivity index (χ4n) is 3.06. The van der Waals surface area contributed by atoms with E-state index in [1.807, 2.05) is 0 Å². The van der Waals surface area contributed by atoms with E-state index in [4.69, 9.17) is 17.0 Å². The van der Waals surface area contributed by atoms with Gasteiger partial charge in [0.15, 0.2) is 5.11 Å². The fraction of sp³-hybridized carbons (Fsp3) is 0.130. The molecule has 3 aromatic carbocycles. The van der Waals surface area contributed by atoms with Gasteiger partial charge in [-0.1, -0.05) is 24.3 Å². The van der Waals surface area contributed by atoms with Gasteiger partial charge >= 0.3 is 6.18 Å². The van der Waals surface area contributed by atoms with Crippen LogP contribution in [0.2, 0.25) is 0 Å². The van der Waals surface area contributed by atoms with Crippen LogP contribution in [0.4, 0.5) is 24.5 Å². The van der Waals surface area contributed by atoms with E-state index in [0.29, 0.717) is 11.3 Å². The number of alkyl halides is 3. The molecule has 190 valence electrons. The summed E-state index contributed by atoms with van der Waals surface area (Å²) in [6.45, 7) is 1.61. The lowest BCUT2D eigenvalue weighted by atomic mass is 10.1. The van der Waals surface area contributed by atoms with Gasteiger partial charge in [0.1, 0.15) is 5.75 Å². The van der Waals surface area contributed by atoms with Gasteiger partial charge in [0.05, 0.1) is 23.3 Å². The predicted molar refractivity (Wildman–Crippen MR) is 133 cm³/mol. The molecule has 36 heavy (non-hydrogen) atoms. The molecular weight excluding hydrogens is 517 g/mol. The van der Waals surface area contributed by atoms with Crippen molar-refractivity contribution in [2.45, 2.75) is 18.0 Å². The molecule has 8 nitrogen and oxygen atoms in total. The Kier molecular flexibility index (Phi) is 8.05. The first-order chi connectivity index (χ1) is 16.9. The number of amides is 1. The molecule has 4 N–H and O–H groups in total. The van der Waals surface area contributed by atoms with Crippen LogP contribution in [0.15, 0.2) is 71.6 Å². The van der Waals surface area contributed by atoms with Crippen LogP contribution in [-0.2, 0) is 16.2 Å². The van der Waals surface area contributed by atoms with Gasteiger partial charge in [0.2, 0.25) is 0 Å². The highest BCUT2D eigenvalue weighted by molar-refractivity contribution is 7.92. The summed E-state index contributed by atoms with van der Waals surface area (Å²) in [4.78, 5) is 12.5. The van der Waals surface area contributed by atoms with Crippen molar-refractivity contribution in [2.75, 3.05) is 17.1 Å². The number of methoxy groups -OCH3 is 1.